The van der Waals surface area contributed by atoms with Gasteiger partial charge in [0.15, 0.2) is 0 Å². The molecular weight excluding hydrogens is 216 g/mol. The number of aromatic nitrogens is 3. The van der Waals surface area contributed by atoms with Gasteiger partial charge in [-0.25, -0.2) is 4.68 Å². The standard InChI is InChI=1S/C12H14N4O/c13-7-11-12(8-1-5-10(17)6-2-8)16(15-14-11)9-3-4-9/h1-2,5-6,9,17H,3-4,7,13H2. The number of phenols is 1. The molecule has 0 saturated heterocycles. The van der Waals surface area contributed by atoms with Crippen molar-refractivity contribution in [3.63, 3.8) is 0 Å². The number of hydrogen-bond donors (Lipinski definition) is 2. The molecule has 0 amide bonds. The Morgan fingerprint density at radius 2 is 2.00 bits per heavy atom. The lowest BCUT2D eigenvalue weighted by molar-refractivity contribution is 0.475. The van der Waals surface area contributed by atoms with Crippen LogP contribution in [0, 0.1) is 0 Å². The summed E-state index contributed by atoms with van der Waals surface area (Å²) in [6, 6.07) is 7.53. The number of benzene rings is 1. The Morgan fingerprint density at radius 3 is 2.59 bits per heavy atom. The first-order valence-corrected chi connectivity index (χ1v) is 5.73. The highest BCUT2D eigenvalue weighted by Gasteiger charge is 2.29. The van der Waals surface area contributed by atoms with Gasteiger partial charge in [0.25, 0.3) is 0 Å². The Kier molecular flexibility index (Phi) is 2.33. The van der Waals surface area contributed by atoms with Crippen LogP contribution in [0.15, 0.2) is 24.3 Å². The lowest BCUT2D eigenvalue weighted by atomic mass is 10.1. The van der Waals surface area contributed by atoms with Gasteiger partial charge in [-0.3, -0.25) is 0 Å². The molecule has 0 aliphatic heterocycles. The highest BCUT2D eigenvalue weighted by Crippen LogP contribution is 2.38. The zero-order valence-electron chi connectivity index (χ0n) is 9.37. The molecule has 0 atom stereocenters. The van der Waals surface area contributed by atoms with Crippen molar-refractivity contribution in [2.75, 3.05) is 0 Å². The second-order valence-electron chi connectivity index (χ2n) is 4.31. The topological polar surface area (TPSA) is 77.0 Å². The van der Waals surface area contributed by atoms with E-state index in [-0.39, 0.29) is 5.75 Å². The van der Waals surface area contributed by atoms with Gasteiger partial charge in [-0.2, -0.15) is 0 Å². The van der Waals surface area contributed by atoms with E-state index in [1.54, 1.807) is 12.1 Å². The molecule has 1 heterocycles. The molecule has 1 aromatic heterocycles. The molecule has 5 heteroatoms. The molecule has 0 bridgehead atoms. The maximum atomic E-state index is 9.31. The molecule has 1 aromatic carbocycles. The lowest BCUT2D eigenvalue weighted by Crippen LogP contribution is -2.02. The summed E-state index contributed by atoms with van der Waals surface area (Å²) in [5.41, 5.74) is 8.48. The van der Waals surface area contributed by atoms with Crippen molar-refractivity contribution in [1.29, 1.82) is 0 Å². The Bertz CT molecular complexity index is 528. The van der Waals surface area contributed by atoms with E-state index in [1.807, 2.05) is 16.8 Å². The van der Waals surface area contributed by atoms with Crippen molar-refractivity contribution in [2.45, 2.75) is 25.4 Å². The average Bonchev–Trinajstić information content (AvgIpc) is 3.10. The second kappa shape index (κ2) is 3.85. The van der Waals surface area contributed by atoms with Gasteiger partial charge in [-0.15, -0.1) is 5.10 Å². The smallest absolute Gasteiger partial charge is 0.115 e. The summed E-state index contributed by atoms with van der Waals surface area (Å²) in [5, 5.41) is 17.6. The maximum absolute atomic E-state index is 9.31. The Labute approximate surface area is 98.9 Å². The number of nitrogens with two attached hydrogens (primary N) is 1. The van der Waals surface area contributed by atoms with Crippen molar-refractivity contribution < 1.29 is 5.11 Å². The van der Waals surface area contributed by atoms with Crippen molar-refractivity contribution in [1.82, 2.24) is 15.0 Å². The number of aromatic hydroxyl groups is 1. The van der Waals surface area contributed by atoms with Crippen LogP contribution in [0.2, 0.25) is 0 Å². The zero-order chi connectivity index (χ0) is 11.8. The number of phenolic OH excluding ortho intramolecular Hbond substituents is 1. The molecule has 3 N–H and O–H groups in total. The number of nitrogens with zero attached hydrogens (tertiary/aromatic N) is 3. The molecule has 5 nitrogen and oxygen atoms in total. The normalized spacial score (nSPS) is 15.1. The first kappa shape index (κ1) is 10.3. The molecule has 0 spiro atoms. The molecular formula is C12H14N4O. The molecule has 1 aliphatic rings. The van der Waals surface area contributed by atoms with Gasteiger partial charge in [0.05, 0.1) is 11.7 Å². The zero-order valence-corrected chi connectivity index (χ0v) is 9.37. The number of rotatable bonds is 3. The molecule has 0 radical (unpaired) electrons. The molecule has 1 aliphatic carbocycles. The first-order chi connectivity index (χ1) is 8.29. The van der Waals surface area contributed by atoms with Gasteiger partial charge in [0.2, 0.25) is 0 Å². The summed E-state index contributed by atoms with van der Waals surface area (Å²) >= 11 is 0. The minimum Gasteiger partial charge on any atom is -0.508 e. The van der Waals surface area contributed by atoms with E-state index in [1.165, 1.54) is 0 Å². The van der Waals surface area contributed by atoms with Crippen LogP contribution in [0.4, 0.5) is 0 Å². The predicted molar refractivity (Wildman–Crippen MR) is 63.3 cm³/mol. The van der Waals surface area contributed by atoms with E-state index in [2.05, 4.69) is 10.3 Å². The van der Waals surface area contributed by atoms with Gasteiger partial charge in [-0.1, -0.05) is 5.21 Å². The van der Waals surface area contributed by atoms with Crippen LogP contribution in [-0.2, 0) is 6.54 Å². The summed E-state index contributed by atoms with van der Waals surface area (Å²) in [6.07, 6.45) is 2.30. The molecule has 3 rings (SSSR count). The Balaban J connectivity index is 2.10. The highest BCUT2D eigenvalue weighted by molar-refractivity contribution is 5.63. The Hall–Kier alpha value is -1.88. The molecule has 2 aromatic rings. The quantitative estimate of drug-likeness (QED) is 0.836. The minimum atomic E-state index is 0.258. The monoisotopic (exact) mass is 230 g/mol. The van der Waals surface area contributed by atoms with Crippen molar-refractivity contribution >= 4 is 0 Å². The van der Waals surface area contributed by atoms with E-state index in [4.69, 9.17) is 5.73 Å². The molecule has 0 unspecified atom stereocenters. The SMILES string of the molecule is NCc1nnn(C2CC2)c1-c1ccc(O)cc1. The average molecular weight is 230 g/mol. The molecule has 88 valence electrons. The van der Waals surface area contributed by atoms with E-state index < -0.39 is 0 Å². The van der Waals surface area contributed by atoms with Gasteiger partial charge in [0, 0.05) is 12.1 Å². The van der Waals surface area contributed by atoms with E-state index in [0.29, 0.717) is 12.6 Å². The van der Waals surface area contributed by atoms with E-state index in [9.17, 15) is 5.11 Å². The van der Waals surface area contributed by atoms with Gasteiger partial charge >= 0.3 is 0 Å². The first-order valence-electron chi connectivity index (χ1n) is 5.73. The third kappa shape index (κ3) is 1.78. The minimum absolute atomic E-state index is 0.258. The summed E-state index contributed by atoms with van der Waals surface area (Å²) in [7, 11) is 0. The van der Waals surface area contributed by atoms with Crippen LogP contribution in [-0.4, -0.2) is 20.1 Å². The van der Waals surface area contributed by atoms with Crippen molar-refractivity contribution in [3.8, 4) is 17.0 Å². The summed E-state index contributed by atoms with van der Waals surface area (Å²) in [4.78, 5) is 0. The van der Waals surface area contributed by atoms with Crippen LogP contribution in [0.5, 0.6) is 5.75 Å². The van der Waals surface area contributed by atoms with E-state index >= 15 is 0 Å². The fourth-order valence-corrected chi connectivity index (χ4v) is 1.96. The summed E-state index contributed by atoms with van der Waals surface area (Å²) in [6.45, 7) is 0.378. The van der Waals surface area contributed by atoms with Gasteiger partial charge in [0.1, 0.15) is 11.4 Å². The van der Waals surface area contributed by atoms with Gasteiger partial charge in [-0.05, 0) is 37.1 Å². The Morgan fingerprint density at radius 1 is 1.29 bits per heavy atom. The van der Waals surface area contributed by atoms with Gasteiger partial charge < -0.3 is 10.8 Å². The molecule has 1 saturated carbocycles. The van der Waals surface area contributed by atoms with Crippen LogP contribution >= 0.6 is 0 Å². The molecule has 1 fully saturated rings. The maximum Gasteiger partial charge on any atom is 0.115 e. The largest absolute Gasteiger partial charge is 0.508 e. The summed E-state index contributed by atoms with van der Waals surface area (Å²) < 4.78 is 1.95. The fraction of sp³-hybridized carbons (Fsp3) is 0.333. The molecule has 17 heavy (non-hydrogen) atoms. The van der Waals surface area contributed by atoms with Crippen LogP contribution < -0.4 is 5.73 Å². The predicted octanol–water partition coefficient (Wildman–Crippen LogP) is 1.44. The third-order valence-electron chi connectivity index (χ3n) is 2.99. The highest BCUT2D eigenvalue weighted by atomic mass is 16.3. The van der Waals surface area contributed by atoms with Crippen LogP contribution in [0.1, 0.15) is 24.6 Å². The lowest BCUT2D eigenvalue weighted by Gasteiger charge is -2.06. The number of hydrogen-bond acceptors (Lipinski definition) is 4. The van der Waals surface area contributed by atoms with Crippen molar-refractivity contribution in [2.24, 2.45) is 5.73 Å². The van der Waals surface area contributed by atoms with E-state index in [0.717, 1.165) is 29.8 Å². The second-order valence-corrected chi connectivity index (χ2v) is 4.31. The van der Waals surface area contributed by atoms with Crippen molar-refractivity contribution in [3.05, 3.63) is 30.0 Å². The van der Waals surface area contributed by atoms with Crippen LogP contribution in [0.25, 0.3) is 11.3 Å². The third-order valence-corrected chi connectivity index (χ3v) is 2.99. The summed E-state index contributed by atoms with van der Waals surface area (Å²) in [5.74, 6) is 0.258. The fourth-order valence-electron chi connectivity index (χ4n) is 1.96. The van der Waals surface area contributed by atoms with Crippen LogP contribution in [0.3, 0.4) is 0 Å².